The number of nitrogens with zero attached hydrogens (tertiary/aromatic N) is 1. The zero-order valence-corrected chi connectivity index (χ0v) is 8.38. The van der Waals surface area contributed by atoms with E-state index in [0.717, 1.165) is 19.6 Å². The van der Waals surface area contributed by atoms with E-state index in [2.05, 4.69) is 5.32 Å². The number of nitrogens with one attached hydrogen (secondary N) is 1. The first-order valence-electron chi connectivity index (χ1n) is 4.89. The molecular weight excluding hydrogens is 168 g/mol. The first kappa shape index (κ1) is 10.5. The van der Waals surface area contributed by atoms with Gasteiger partial charge in [0.25, 0.3) is 0 Å². The van der Waals surface area contributed by atoms with Crippen molar-refractivity contribution in [3.05, 3.63) is 0 Å². The number of likely N-dealkylation sites (N-methyl/N-ethyl adjacent to an activating group) is 1. The number of hydrogen-bond acceptors (Lipinski definition) is 3. The third kappa shape index (κ3) is 2.67. The molecule has 13 heavy (non-hydrogen) atoms. The molecule has 1 aliphatic heterocycles. The normalized spacial score (nSPS) is 22.8. The van der Waals surface area contributed by atoms with Gasteiger partial charge in [0.2, 0.25) is 5.91 Å². The van der Waals surface area contributed by atoms with Gasteiger partial charge in [-0.15, -0.1) is 0 Å². The quantitative estimate of drug-likeness (QED) is 0.666. The second kappa shape index (κ2) is 5.19. The molecule has 1 heterocycles. The molecule has 0 aromatic rings. The standard InChI is InChI=1S/C9H18N2O2/c1-3-11(4-2)9(12)8-7-13-6-5-10-8/h8,10H,3-7H2,1-2H3. The van der Waals surface area contributed by atoms with E-state index in [9.17, 15) is 4.79 Å². The van der Waals surface area contributed by atoms with Crippen LogP contribution in [0.1, 0.15) is 13.8 Å². The van der Waals surface area contributed by atoms with E-state index in [4.69, 9.17) is 4.74 Å². The Balaban J connectivity index is 2.44. The summed E-state index contributed by atoms with van der Waals surface area (Å²) < 4.78 is 5.23. The Morgan fingerprint density at radius 2 is 2.23 bits per heavy atom. The van der Waals surface area contributed by atoms with Gasteiger partial charge in [-0.25, -0.2) is 0 Å². The Morgan fingerprint density at radius 3 is 2.69 bits per heavy atom. The van der Waals surface area contributed by atoms with E-state index in [-0.39, 0.29) is 11.9 Å². The summed E-state index contributed by atoms with van der Waals surface area (Å²) in [4.78, 5) is 13.6. The van der Waals surface area contributed by atoms with Gasteiger partial charge in [-0.2, -0.15) is 0 Å². The highest BCUT2D eigenvalue weighted by atomic mass is 16.5. The van der Waals surface area contributed by atoms with Crippen LogP contribution < -0.4 is 5.32 Å². The van der Waals surface area contributed by atoms with Crippen molar-refractivity contribution in [2.75, 3.05) is 32.8 Å². The Kier molecular flexibility index (Phi) is 4.18. The fourth-order valence-corrected chi connectivity index (χ4v) is 1.48. The van der Waals surface area contributed by atoms with E-state index in [0.29, 0.717) is 13.2 Å². The van der Waals surface area contributed by atoms with Crippen LogP contribution in [0, 0.1) is 0 Å². The topological polar surface area (TPSA) is 41.6 Å². The van der Waals surface area contributed by atoms with Crippen LogP contribution in [0.3, 0.4) is 0 Å². The average Bonchev–Trinajstić information content (AvgIpc) is 2.21. The molecule has 1 saturated heterocycles. The molecule has 0 spiro atoms. The molecule has 0 bridgehead atoms. The second-order valence-electron chi connectivity index (χ2n) is 3.09. The smallest absolute Gasteiger partial charge is 0.242 e. The van der Waals surface area contributed by atoms with Crippen molar-refractivity contribution in [3.8, 4) is 0 Å². The molecule has 1 atom stereocenters. The van der Waals surface area contributed by atoms with Gasteiger partial charge in [-0.1, -0.05) is 0 Å². The molecule has 0 aromatic carbocycles. The maximum atomic E-state index is 11.7. The van der Waals surface area contributed by atoms with Gasteiger partial charge in [0.15, 0.2) is 0 Å². The maximum absolute atomic E-state index is 11.7. The summed E-state index contributed by atoms with van der Waals surface area (Å²) in [5, 5.41) is 3.15. The molecular formula is C9H18N2O2. The first-order chi connectivity index (χ1) is 6.29. The van der Waals surface area contributed by atoms with Crippen molar-refractivity contribution in [3.63, 3.8) is 0 Å². The van der Waals surface area contributed by atoms with Gasteiger partial charge < -0.3 is 15.0 Å². The van der Waals surface area contributed by atoms with Crippen molar-refractivity contribution in [1.29, 1.82) is 0 Å². The Bertz CT molecular complexity index is 163. The monoisotopic (exact) mass is 186 g/mol. The van der Waals surface area contributed by atoms with Crippen LogP contribution in [-0.4, -0.2) is 49.7 Å². The van der Waals surface area contributed by atoms with Crippen LogP contribution in [0.4, 0.5) is 0 Å². The first-order valence-corrected chi connectivity index (χ1v) is 4.89. The van der Waals surface area contributed by atoms with Crippen LogP contribution in [0.5, 0.6) is 0 Å². The van der Waals surface area contributed by atoms with E-state index in [1.165, 1.54) is 0 Å². The van der Waals surface area contributed by atoms with Crippen molar-refractivity contribution in [2.45, 2.75) is 19.9 Å². The number of carbonyl (C=O) groups is 1. The number of amides is 1. The molecule has 0 aromatic heterocycles. The highest BCUT2D eigenvalue weighted by Gasteiger charge is 2.24. The minimum absolute atomic E-state index is 0.131. The third-order valence-corrected chi connectivity index (χ3v) is 2.29. The summed E-state index contributed by atoms with van der Waals surface area (Å²) in [7, 11) is 0. The van der Waals surface area contributed by atoms with Crippen LogP contribution in [0.25, 0.3) is 0 Å². The molecule has 1 fully saturated rings. The highest BCUT2D eigenvalue weighted by Crippen LogP contribution is 1.99. The zero-order chi connectivity index (χ0) is 9.68. The predicted molar refractivity (Wildman–Crippen MR) is 50.5 cm³/mol. The van der Waals surface area contributed by atoms with E-state index in [1.54, 1.807) is 0 Å². The molecule has 0 radical (unpaired) electrons. The van der Waals surface area contributed by atoms with Gasteiger partial charge in [0.1, 0.15) is 6.04 Å². The minimum Gasteiger partial charge on any atom is -0.378 e. The van der Waals surface area contributed by atoms with E-state index in [1.807, 2.05) is 18.7 Å². The van der Waals surface area contributed by atoms with Crippen molar-refractivity contribution in [2.24, 2.45) is 0 Å². The zero-order valence-electron chi connectivity index (χ0n) is 8.38. The molecule has 1 N–H and O–H groups in total. The Labute approximate surface area is 79.2 Å². The van der Waals surface area contributed by atoms with E-state index < -0.39 is 0 Å². The van der Waals surface area contributed by atoms with Gasteiger partial charge in [-0.3, -0.25) is 4.79 Å². The summed E-state index contributed by atoms with van der Waals surface area (Å²) in [5.41, 5.74) is 0. The molecule has 4 nitrogen and oxygen atoms in total. The summed E-state index contributed by atoms with van der Waals surface area (Å²) in [6, 6.07) is -0.131. The Morgan fingerprint density at radius 1 is 1.54 bits per heavy atom. The molecule has 1 aliphatic rings. The fourth-order valence-electron chi connectivity index (χ4n) is 1.48. The van der Waals surface area contributed by atoms with Crippen LogP contribution in [0.2, 0.25) is 0 Å². The largest absolute Gasteiger partial charge is 0.378 e. The molecule has 76 valence electrons. The van der Waals surface area contributed by atoms with Crippen molar-refractivity contribution >= 4 is 5.91 Å². The summed E-state index contributed by atoms with van der Waals surface area (Å²) in [6.45, 7) is 7.52. The SMILES string of the molecule is CCN(CC)C(=O)C1COCCN1. The number of hydrogen-bond donors (Lipinski definition) is 1. The maximum Gasteiger partial charge on any atom is 0.242 e. The third-order valence-electron chi connectivity index (χ3n) is 2.29. The van der Waals surface area contributed by atoms with Gasteiger partial charge in [0.05, 0.1) is 13.2 Å². The fraction of sp³-hybridized carbons (Fsp3) is 0.889. The second-order valence-corrected chi connectivity index (χ2v) is 3.09. The molecule has 0 saturated carbocycles. The molecule has 1 rings (SSSR count). The summed E-state index contributed by atoms with van der Waals surface area (Å²) in [6.07, 6.45) is 0. The number of rotatable bonds is 3. The van der Waals surface area contributed by atoms with Gasteiger partial charge in [0, 0.05) is 19.6 Å². The van der Waals surface area contributed by atoms with Crippen LogP contribution in [0.15, 0.2) is 0 Å². The van der Waals surface area contributed by atoms with Gasteiger partial charge in [-0.05, 0) is 13.8 Å². The number of ether oxygens (including phenoxy) is 1. The van der Waals surface area contributed by atoms with Crippen LogP contribution >= 0.6 is 0 Å². The van der Waals surface area contributed by atoms with E-state index >= 15 is 0 Å². The average molecular weight is 186 g/mol. The molecule has 0 aliphatic carbocycles. The lowest BCUT2D eigenvalue weighted by molar-refractivity contribution is -0.135. The van der Waals surface area contributed by atoms with Gasteiger partial charge >= 0.3 is 0 Å². The number of morpholine rings is 1. The lowest BCUT2D eigenvalue weighted by Crippen LogP contribution is -2.52. The highest BCUT2D eigenvalue weighted by molar-refractivity contribution is 5.82. The van der Waals surface area contributed by atoms with Crippen molar-refractivity contribution in [1.82, 2.24) is 10.2 Å². The lowest BCUT2D eigenvalue weighted by atomic mass is 10.2. The van der Waals surface area contributed by atoms with Crippen LogP contribution in [-0.2, 0) is 9.53 Å². The molecule has 1 amide bonds. The predicted octanol–water partition coefficient (Wildman–Crippen LogP) is -0.157. The lowest BCUT2D eigenvalue weighted by Gasteiger charge is -2.28. The minimum atomic E-state index is -0.131. The van der Waals surface area contributed by atoms with Crippen molar-refractivity contribution < 1.29 is 9.53 Å². The summed E-state index contributed by atoms with van der Waals surface area (Å²) in [5.74, 6) is 0.157. The Hall–Kier alpha value is -0.610. The molecule has 1 unspecified atom stereocenters. The molecule has 4 heteroatoms. The summed E-state index contributed by atoms with van der Waals surface area (Å²) >= 11 is 0. The number of carbonyl (C=O) groups excluding carboxylic acids is 1.